The zero-order valence-electron chi connectivity index (χ0n) is 17.1. The van der Waals surface area contributed by atoms with Gasteiger partial charge in [-0.05, 0) is 32.1 Å². The molecule has 1 fully saturated rings. The number of guanidine groups is 1. The number of nitrogens with one attached hydrogen (secondary N) is 1. The summed E-state index contributed by atoms with van der Waals surface area (Å²) < 4.78 is 5.46. The van der Waals surface area contributed by atoms with Gasteiger partial charge in [0.25, 0.3) is 0 Å². The van der Waals surface area contributed by atoms with Crippen LogP contribution in [0.2, 0.25) is 0 Å². The Balaban J connectivity index is 0.00000280. The summed E-state index contributed by atoms with van der Waals surface area (Å²) in [6.07, 6.45) is 5.85. The standard InChI is InChI=1S/C19H31N5O2S.HI/c1-23(2)18(25)11-21-19(20-10-14-8-9-26-13-14)24(3)12-17-22-15-6-4-5-7-16(15)27-17;/h14H,4-13H2,1-3H3,(H,20,21);1H. The number of aryl methyl sites for hydroxylation is 2. The number of carbonyl (C=O) groups excluding carboxylic acids is 1. The van der Waals surface area contributed by atoms with E-state index in [9.17, 15) is 4.79 Å². The lowest BCUT2D eigenvalue weighted by molar-refractivity contribution is -0.127. The van der Waals surface area contributed by atoms with Crippen LogP contribution in [-0.4, -0.2) is 74.1 Å². The van der Waals surface area contributed by atoms with Crippen LogP contribution < -0.4 is 5.32 Å². The Hall–Kier alpha value is -0.940. The lowest BCUT2D eigenvalue weighted by Gasteiger charge is -2.23. The van der Waals surface area contributed by atoms with Gasteiger partial charge in [-0.2, -0.15) is 0 Å². The molecule has 1 saturated heterocycles. The van der Waals surface area contributed by atoms with E-state index in [0.29, 0.717) is 12.5 Å². The van der Waals surface area contributed by atoms with Gasteiger partial charge in [0, 0.05) is 45.1 Å². The fraction of sp³-hybridized carbons (Fsp3) is 0.737. The number of halogens is 1. The highest BCUT2D eigenvalue weighted by Crippen LogP contribution is 2.27. The van der Waals surface area contributed by atoms with Crippen molar-refractivity contribution in [3.8, 4) is 0 Å². The number of likely N-dealkylation sites (N-methyl/N-ethyl adjacent to an activating group) is 1. The highest BCUT2D eigenvalue weighted by molar-refractivity contribution is 14.0. The molecular weight excluding hydrogens is 489 g/mol. The molecule has 0 saturated carbocycles. The van der Waals surface area contributed by atoms with Gasteiger partial charge in [-0.1, -0.05) is 0 Å². The van der Waals surface area contributed by atoms with Crippen LogP contribution in [0.15, 0.2) is 4.99 Å². The molecule has 3 rings (SSSR count). The maximum atomic E-state index is 12.0. The van der Waals surface area contributed by atoms with Gasteiger partial charge in [-0.25, -0.2) is 9.98 Å². The molecule has 1 unspecified atom stereocenters. The first-order chi connectivity index (χ1) is 13.0. The van der Waals surface area contributed by atoms with Gasteiger partial charge in [0.05, 0.1) is 18.8 Å². The molecule has 2 heterocycles. The summed E-state index contributed by atoms with van der Waals surface area (Å²) in [6, 6.07) is 0. The summed E-state index contributed by atoms with van der Waals surface area (Å²) in [4.78, 5) is 26.4. The number of nitrogens with zero attached hydrogens (tertiary/aromatic N) is 4. The summed E-state index contributed by atoms with van der Waals surface area (Å²) in [7, 11) is 5.52. The van der Waals surface area contributed by atoms with Gasteiger partial charge in [0.15, 0.2) is 5.96 Å². The molecule has 1 aliphatic carbocycles. The zero-order chi connectivity index (χ0) is 19.2. The van der Waals surface area contributed by atoms with Crippen molar-refractivity contribution in [2.75, 3.05) is 47.4 Å². The predicted molar refractivity (Wildman–Crippen MR) is 124 cm³/mol. The van der Waals surface area contributed by atoms with Crippen LogP contribution in [0.3, 0.4) is 0 Å². The Morgan fingerprint density at radius 3 is 2.79 bits per heavy atom. The Labute approximate surface area is 189 Å². The van der Waals surface area contributed by atoms with E-state index in [4.69, 9.17) is 9.72 Å². The molecule has 2 aliphatic rings. The molecule has 0 spiro atoms. The average molecular weight is 521 g/mol. The van der Waals surface area contributed by atoms with Crippen molar-refractivity contribution in [1.82, 2.24) is 20.1 Å². The zero-order valence-corrected chi connectivity index (χ0v) is 20.2. The Bertz CT molecular complexity index is 650. The predicted octanol–water partition coefficient (Wildman–Crippen LogP) is 2.14. The summed E-state index contributed by atoms with van der Waals surface area (Å²) >= 11 is 1.82. The first kappa shape index (κ1) is 23.3. The number of hydrogen-bond donors (Lipinski definition) is 1. The molecule has 0 bridgehead atoms. The third kappa shape index (κ3) is 6.55. The van der Waals surface area contributed by atoms with E-state index >= 15 is 0 Å². The van der Waals surface area contributed by atoms with Gasteiger partial charge in [-0.15, -0.1) is 35.3 Å². The molecule has 158 valence electrons. The minimum absolute atomic E-state index is 0. The summed E-state index contributed by atoms with van der Waals surface area (Å²) in [6.45, 7) is 3.29. The summed E-state index contributed by atoms with van der Waals surface area (Å²) in [5.74, 6) is 1.25. The second kappa shape index (κ2) is 11.3. The number of aliphatic imine (C=N–C) groups is 1. The molecule has 1 aromatic heterocycles. The van der Waals surface area contributed by atoms with Crippen LogP contribution in [0.5, 0.6) is 0 Å². The maximum absolute atomic E-state index is 12.0. The summed E-state index contributed by atoms with van der Waals surface area (Å²) in [5.41, 5.74) is 1.28. The quantitative estimate of drug-likeness (QED) is 0.353. The van der Waals surface area contributed by atoms with Gasteiger partial charge in [0.1, 0.15) is 11.6 Å². The SMILES string of the molecule is CN(C)C(=O)CN=C(NCC1CCOC1)N(C)Cc1nc2c(s1)CCCC2.I. The molecule has 1 atom stereocenters. The first-order valence-corrected chi connectivity index (χ1v) is 10.6. The van der Waals surface area contributed by atoms with E-state index in [1.165, 1.54) is 23.4 Å². The Kier molecular flexibility index (Phi) is 9.42. The molecule has 9 heteroatoms. The maximum Gasteiger partial charge on any atom is 0.243 e. The van der Waals surface area contributed by atoms with Crippen molar-refractivity contribution in [3.63, 3.8) is 0 Å². The molecule has 1 amide bonds. The minimum atomic E-state index is -0.00314. The van der Waals surface area contributed by atoms with Crippen molar-refractivity contribution in [3.05, 3.63) is 15.6 Å². The molecule has 7 nitrogen and oxygen atoms in total. The van der Waals surface area contributed by atoms with E-state index in [2.05, 4.69) is 15.2 Å². The van der Waals surface area contributed by atoms with Crippen LogP contribution in [-0.2, 0) is 28.9 Å². The number of thiazole rings is 1. The molecule has 0 radical (unpaired) electrons. The van der Waals surface area contributed by atoms with E-state index in [1.54, 1.807) is 19.0 Å². The van der Waals surface area contributed by atoms with E-state index in [0.717, 1.165) is 50.0 Å². The van der Waals surface area contributed by atoms with Crippen molar-refractivity contribution in [2.45, 2.75) is 38.6 Å². The normalized spacial score (nSPS) is 19.0. The minimum Gasteiger partial charge on any atom is -0.381 e. The third-order valence-corrected chi connectivity index (χ3v) is 6.20. The fourth-order valence-corrected chi connectivity index (χ4v) is 4.54. The molecule has 0 aromatic carbocycles. The number of rotatable bonds is 6. The van der Waals surface area contributed by atoms with Crippen molar-refractivity contribution in [2.24, 2.45) is 10.9 Å². The van der Waals surface area contributed by atoms with E-state index in [-0.39, 0.29) is 36.4 Å². The van der Waals surface area contributed by atoms with Crippen LogP contribution >= 0.6 is 35.3 Å². The van der Waals surface area contributed by atoms with Crippen molar-refractivity contribution in [1.29, 1.82) is 0 Å². The van der Waals surface area contributed by atoms with Crippen LogP contribution in [0.1, 0.15) is 34.8 Å². The lowest BCUT2D eigenvalue weighted by Crippen LogP contribution is -2.41. The van der Waals surface area contributed by atoms with Gasteiger partial charge in [0.2, 0.25) is 5.91 Å². The first-order valence-electron chi connectivity index (χ1n) is 9.77. The largest absolute Gasteiger partial charge is 0.381 e. The molecular formula is C19H32IN5O2S. The number of aromatic nitrogens is 1. The Morgan fingerprint density at radius 2 is 2.11 bits per heavy atom. The van der Waals surface area contributed by atoms with E-state index < -0.39 is 0 Å². The van der Waals surface area contributed by atoms with Crippen LogP contribution in [0.25, 0.3) is 0 Å². The second-order valence-electron chi connectivity index (χ2n) is 7.58. The molecule has 1 N–H and O–H groups in total. The highest BCUT2D eigenvalue weighted by atomic mass is 127. The van der Waals surface area contributed by atoms with Gasteiger partial charge in [-0.3, -0.25) is 4.79 Å². The number of ether oxygens (including phenoxy) is 1. The highest BCUT2D eigenvalue weighted by Gasteiger charge is 2.19. The third-order valence-electron chi connectivity index (χ3n) is 5.06. The van der Waals surface area contributed by atoms with Crippen LogP contribution in [0.4, 0.5) is 0 Å². The number of carbonyl (C=O) groups is 1. The Morgan fingerprint density at radius 1 is 1.32 bits per heavy atom. The van der Waals surface area contributed by atoms with Gasteiger partial charge >= 0.3 is 0 Å². The number of amides is 1. The number of fused-ring (bicyclic) bond motifs is 1. The van der Waals surface area contributed by atoms with Crippen LogP contribution in [0, 0.1) is 5.92 Å². The van der Waals surface area contributed by atoms with E-state index in [1.807, 2.05) is 18.4 Å². The van der Waals surface area contributed by atoms with Crippen molar-refractivity contribution < 1.29 is 9.53 Å². The number of hydrogen-bond acceptors (Lipinski definition) is 5. The topological polar surface area (TPSA) is 70.1 Å². The average Bonchev–Trinajstić information content (AvgIpc) is 3.29. The second-order valence-corrected chi connectivity index (χ2v) is 8.75. The molecule has 1 aliphatic heterocycles. The monoisotopic (exact) mass is 521 g/mol. The van der Waals surface area contributed by atoms with Gasteiger partial charge < -0.3 is 19.9 Å². The van der Waals surface area contributed by atoms with Crippen molar-refractivity contribution >= 4 is 47.2 Å². The molecule has 1 aromatic rings. The smallest absolute Gasteiger partial charge is 0.243 e. The summed E-state index contributed by atoms with van der Waals surface area (Å²) in [5, 5.41) is 4.57. The lowest BCUT2D eigenvalue weighted by atomic mass is 10.0. The molecule has 28 heavy (non-hydrogen) atoms. The fourth-order valence-electron chi connectivity index (χ4n) is 3.33.